The lowest BCUT2D eigenvalue weighted by Gasteiger charge is -2.29. The normalized spacial score (nSPS) is 36.7. The Balaban J connectivity index is 1.23. The van der Waals surface area contributed by atoms with Crippen molar-refractivity contribution >= 4 is 71.5 Å². The van der Waals surface area contributed by atoms with Gasteiger partial charge in [0.05, 0.1) is 32.0 Å². The molecule has 0 amide bonds. The van der Waals surface area contributed by atoms with E-state index in [1.54, 1.807) is 18.4 Å². The van der Waals surface area contributed by atoms with Gasteiger partial charge in [-0.05, 0) is 25.7 Å². The van der Waals surface area contributed by atoms with Crippen molar-refractivity contribution in [2.75, 3.05) is 24.7 Å². The Labute approximate surface area is 276 Å². The van der Waals surface area contributed by atoms with Gasteiger partial charge in [0.2, 0.25) is 0 Å². The molecule has 4 aromatic heterocycles. The van der Waals surface area contributed by atoms with Gasteiger partial charge >= 0.3 is 13.5 Å². The molecule has 10 atom stereocenters. The summed E-state index contributed by atoms with van der Waals surface area (Å²) in [7, 11) is 0. The fraction of sp³-hybridized carbons (Fsp3) is 0.565. The first-order valence-corrected chi connectivity index (χ1v) is 19.4. The predicted octanol–water partition coefficient (Wildman–Crippen LogP) is 0.852. The Kier molecular flexibility index (Phi) is 8.78. The van der Waals surface area contributed by atoms with Crippen LogP contribution in [-0.2, 0) is 48.7 Å². The Hall–Kier alpha value is -2.43. The summed E-state index contributed by atoms with van der Waals surface area (Å²) in [5, 5.41) is 11.3. The fourth-order valence-electron chi connectivity index (χ4n) is 5.66. The van der Waals surface area contributed by atoms with E-state index in [4.69, 9.17) is 55.6 Å². The molecule has 6 N–H and O–H groups in total. The first-order valence-electron chi connectivity index (χ1n) is 14.1. The second kappa shape index (κ2) is 12.5. The number of fused-ring (bicyclic) bond motifs is 5. The zero-order valence-corrected chi connectivity index (χ0v) is 28.1. The van der Waals surface area contributed by atoms with E-state index in [-0.39, 0.29) is 28.9 Å². The number of aromatic nitrogens is 8. The highest BCUT2D eigenvalue weighted by molar-refractivity contribution is 8.44. The topological polar surface area (TPSA) is 261 Å². The van der Waals surface area contributed by atoms with Crippen LogP contribution in [0.25, 0.3) is 22.3 Å². The first-order chi connectivity index (χ1) is 22.3. The van der Waals surface area contributed by atoms with Crippen LogP contribution in [0.4, 0.5) is 11.6 Å². The first kappa shape index (κ1) is 33.1. The molecule has 7 rings (SSSR count). The van der Waals surface area contributed by atoms with E-state index >= 15 is 0 Å². The van der Waals surface area contributed by atoms with Crippen molar-refractivity contribution < 1.29 is 46.9 Å². The van der Waals surface area contributed by atoms with E-state index in [1.165, 1.54) is 29.9 Å². The standard InChI is InChI=1S/C23H30N10O10P2S2/c1-9(2)39-17-15-11(41-23(17)33-8-31-13-19(25)27-6-29-21(13)33)4-38-45(36,47)43-16-14(34)10(3-37-44(35,46)42-15)40-22(16)32-7-30-12-18(24)26-5-28-20(12)32/h5-11,14-17,22-23,34H,3-4H2,1-2H3,(H,35,46)(H,36,47)(H2,24,26,28)(H2,25,27,29)/t10-,11-,14-,15-,16-,17-,22-,23-,44?,45?/m1/s1. The van der Waals surface area contributed by atoms with E-state index in [0.717, 1.165) is 0 Å². The van der Waals surface area contributed by atoms with E-state index in [1.807, 2.05) is 0 Å². The van der Waals surface area contributed by atoms with Gasteiger partial charge in [0.15, 0.2) is 35.4 Å². The monoisotopic (exact) mass is 732 g/mol. The van der Waals surface area contributed by atoms with Crippen molar-refractivity contribution in [1.82, 2.24) is 39.0 Å². The molecule has 24 heteroatoms. The summed E-state index contributed by atoms with van der Waals surface area (Å²) in [6, 6.07) is 0. The van der Waals surface area contributed by atoms with Gasteiger partial charge in [-0.15, -0.1) is 0 Å². The molecule has 3 aliphatic rings. The number of nitrogens with zero attached hydrogens (tertiary/aromatic N) is 8. The van der Waals surface area contributed by atoms with Crippen molar-refractivity contribution in [3.8, 4) is 0 Å². The lowest BCUT2D eigenvalue weighted by molar-refractivity contribution is -0.0891. The van der Waals surface area contributed by atoms with Crippen LogP contribution in [0.1, 0.15) is 26.3 Å². The maximum atomic E-state index is 13.7. The molecule has 20 nitrogen and oxygen atoms in total. The highest BCUT2D eigenvalue weighted by atomic mass is 32.7. The summed E-state index contributed by atoms with van der Waals surface area (Å²) < 4.78 is 58.6. The third kappa shape index (κ3) is 6.27. The Morgan fingerprint density at radius 1 is 0.915 bits per heavy atom. The predicted molar refractivity (Wildman–Crippen MR) is 168 cm³/mol. The number of thiol groups is 1. The number of aliphatic hydroxyl groups excluding tert-OH is 1. The highest BCUT2D eigenvalue weighted by Crippen LogP contribution is 2.58. The molecule has 2 unspecified atom stereocenters. The summed E-state index contributed by atoms with van der Waals surface area (Å²) in [4.78, 5) is 36.2. The maximum absolute atomic E-state index is 13.7. The smallest absolute Gasteiger partial charge is 0.386 e. The number of aliphatic hydroxyl groups is 1. The maximum Gasteiger partial charge on any atom is 0.386 e. The van der Waals surface area contributed by atoms with Crippen molar-refractivity contribution in [3.63, 3.8) is 0 Å². The SMILES string of the molecule is CC(C)O[C@@H]1[C@@H]2OP(O)(=S)OC[C@H]3O[C@@H](n4cnc5c(N)ncnc54)[C@H](OP(=O)(S)OC[C@H]2O[C@H]1n1cnc2c(N)ncnc21)[C@@H]3O. The zero-order chi connectivity index (χ0) is 33.2. The molecule has 4 aromatic rings. The van der Waals surface area contributed by atoms with Crippen molar-refractivity contribution in [2.45, 2.75) is 69.0 Å². The van der Waals surface area contributed by atoms with Gasteiger partial charge in [-0.2, -0.15) is 0 Å². The van der Waals surface area contributed by atoms with Gasteiger partial charge < -0.3 is 40.2 Å². The van der Waals surface area contributed by atoms with E-state index in [0.29, 0.717) is 11.2 Å². The number of imidazole rings is 2. The molecule has 254 valence electrons. The van der Waals surface area contributed by atoms with Crippen LogP contribution in [0.15, 0.2) is 25.3 Å². The summed E-state index contributed by atoms with van der Waals surface area (Å²) >= 11 is 9.59. The number of nitrogens with two attached hydrogens (primary N) is 2. The fourth-order valence-corrected chi connectivity index (χ4v) is 8.56. The van der Waals surface area contributed by atoms with Crippen LogP contribution in [0.5, 0.6) is 0 Å². The van der Waals surface area contributed by atoms with Gasteiger partial charge in [0, 0.05) is 0 Å². The van der Waals surface area contributed by atoms with Crippen LogP contribution in [0.3, 0.4) is 0 Å². The highest BCUT2D eigenvalue weighted by Gasteiger charge is 2.53. The van der Waals surface area contributed by atoms with Gasteiger partial charge in [-0.3, -0.25) is 22.7 Å². The number of ether oxygens (including phenoxy) is 3. The second-order valence-electron chi connectivity index (χ2n) is 11.1. The summed E-state index contributed by atoms with van der Waals surface area (Å²) in [6.45, 7) is -5.71. The molecular formula is C23H30N10O10P2S2. The van der Waals surface area contributed by atoms with E-state index in [2.05, 4.69) is 42.2 Å². The molecule has 0 aromatic carbocycles. The summed E-state index contributed by atoms with van der Waals surface area (Å²) in [5.41, 5.74) is 13.1. The largest absolute Gasteiger partial charge is 0.387 e. The van der Waals surface area contributed by atoms with Crippen molar-refractivity contribution in [2.24, 2.45) is 0 Å². The number of nitrogen functional groups attached to an aromatic ring is 2. The molecule has 2 bridgehead atoms. The number of hydrogen-bond donors (Lipinski definition) is 5. The minimum atomic E-state index is -4.29. The quantitative estimate of drug-likeness (QED) is 0.144. The molecule has 0 saturated carbocycles. The molecule has 0 spiro atoms. The van der Waals surface area contributed by atoms with Crippen molar-refractivity contribution in [1.29, 1.82) is 0 Å². The summed E-state index contributed by atoms with van der Waals surface area (Å²) in [6.07, 6.45) is -4.35. The Morgan fingerprint density at radius 3 is 2.11 bits per heavy atom. The van der Waals surface area contributed by atoms with Crippen LogP contribution < -0.4 is 11.5 Å². The molecule has 7 heterocycles. The lowest BCUT2D eigenvalue weighted by atomic mass is 10.1. The molecule has 0 aliphatic carbocycles. The van der Waals surface area contributed by atoms with Gasteiger partial charge in [-0.25, -0.2) is 34.5 Å². The van der Waals surface area contributed by atoms with Gasteiger partial charge in [0.25, 0.3) is 0 Å². The zero-order valence-electron chi connectivity index (χ0n) is 24.6. The third-order valence-corrected chi connectivity index (χ3v) is 10.8. The molecule has 3 saturated heterocycles. The third-order valence-electron chi connectivity index (χ3n) is 7.66. The average molecular weight is 733 g/mol. The number of anilines is 2. The van der Waals surface area contributed by atoms with Crippen LogP contribution in [-0.4, -0.2) is 105 Å². The van der Waals surface area contributed by atoms with Crippen LogP contribution in [0, 0.1) is 0 Å². The molecule has 3 aliphatic heterocycles. The lowest BCUT2D eigenvalue weighted by Crippen LogP contribution is -2.39. The average Bonchev–Trinajstić information content (AvgIpc) is 3.77. The Morgan fingerprint density at radius 2 is 1.49 bits per heavy atom. The van der Waals surface area contributed by atoms with Gasteiger partial charge in [-0.1, -0.05) is 12.2 Å². The van der Waals surface area contributed by atoms with Crippen molar-refractivity contribution in [3.05, 3.63) is 25.3 Å². The van der Waals surface area contributed by atoms with E-state index < -0.39 is 75.8 Å². The second-order valence-corrected chi connectivity index (χ2v) is 16.8. The Bertz CT molecular complexity index is 1900. The minimum Gasteiger partial charge on any atom is -0.387 e. The van der Waals surface area contributed by atoms with Gasteiger partial charge in [0.1, 0.15) is 60.3 Å². The molecular weight excluding hydrogens is 702 g/mol. The molecule has 47 heavy (non-hydrogen) atoms. The van der Waals surface area contributed by atoms with E-state index in [9.17, 15) is 14.6 Å². The number of hydrogen-bond acceptors (Lipinski definition) is 18. The molecule has 0 radical (unpaired) electrons. The molecule has 3 fully saturated rings. The van der Waals surface area contributed by atoms with Crippen LogP contribution >= 0.6 is 25.8 Å². The van der Waals surface area contributed by atoms with Crippen LogP contribution in [0.2, 0.25) is 0 Å². The summed E-state index contributed by atoms with van der Waals surface area (Å²) in [5.74, 6) is 0.261. The number of rotatable bonds is 4. The minimum absolute atomic E-state index is 0.108.